The maximum Gasteiger partial charge on any atom is 0.151 e. The molecule has 14 heavy (non-hydrogen) atoms. The van der Waals surface area contributed by atoms with Gasteiger partial charge in [0.15, 0.2) is 5.82 Å². The third-order valence-corrected chi connectivity index (χ3v) is 2.52. The first-order chi connectivity index (χ1) is 6.29. The summed E-state index contributed by atoms with van der Waals surface area (Å²) in [4.78, 5) is 0. The first-order valence-corrected chi connectivity index (χ1v) is 6.21. The topological polar surface area (TPSA) is 53.0 Å². The summed E-state index contributed by atoms with van der Waals surface area (Å²) in [7, 11) is -3.08. The van der Waals surface area contributed by atoms with Gasteiger partial charge in [0.2, 0.25) is 0 Å². The van der Waals surface area contributed by atoms with Gasteiger partial charge in [-0.2, -0.15) is 0 Å². The molecule has 1 rings (SSSR count). The fraction of sp³-hybridized carbons (Fsp3) is 0.143. The third kappa shape index (κ3) is 2.91. The molecule has 3 nitrogen and oxygen atoms in total. The zero-order valence-electron chi connectivity index (χ0n) is 7.11. The maximum atomic E-state index is 13.1. The van der Waals surface area contributed by atoms with Crippen molar-refractivity contribution in [2.24, 2.45) is 0 Å². The molecular weight excluding hydrogens is 278 g/mol. The largest absolute Gasteiger partial charge is 0.295 e. The summed E-state index contributed by atoms with van der Waals surface area (Å²) in [6.45, 7) is 0. The third-order valence-electron chi connectivity index (χ3n) is 1.30. The standard InChI is InChI=1S/C7H7BrF2N2OS/c1-14(11,13)12-7-5(8)2-4(9)3-6(7)10/h2-3H,1H3,(H2,11,12,13). The molecule has 0 radical (unpaired) electrons. The van der Waals surface area contributed by atoms with Crippen LogP contribution in [-0.4, -0.2) is 10.5 Å². The maximum absolute atomic E-state index is 13.1. The Morgan fingerprint density at radius 2 is 2.07 bits per heavy atom. The fourth-order valence-electron chi connectivity index (χ4n) is 0.834. The molecular formula is C7H7BrF2N2OS. The lowest BCUT2D eigenvalue weighted by Gasteiger charge is -2.09. The highest BCUT2D eigenvalue weighted by molar-refractivity contribution is 9.10. The molecule has 0 bridgehead atoms. The van der Waals surface area contributed by atoms with E-state index in [1.54, 1.807) is 0 Å². The van der Waals surface area contributed by atoms with Gasteiger partial charge in [-0.05, 0) is 22.0 Å². The van der Waals surface area contributed by atoms with Gasteiger partial charge in [0.1, 0.15) is 15.7 Å². The van der Waals surface area contributed by atoms with Crippen molar-refractivity contribution in [3.05, 3.63) is 28.2 Å². The van der Waals surface area contributed by atoms with Crippen LogP contribution in [0.1, 0.15) is 0 Å². The Balaban J connectivity index is 3.22. The van der Waals surface area contributed by atoms with Gasteiger partial charge in [0, 0.05) is 16.8 Å². The molecule has 1 aromatic rings. The molecule has 0 aromatic heterocycles. The average molecular weight is 285 g/mol. The van der Waals surface area contributed by atoms with E-state index in [9.17, 15) is 13.0 Å². The van der Waals surface area contributed by atoms with Gasteiger partial charge < -0.3 is 0 Å². The number of rotatable bonds is 2. The van der Waals surface area contributed by atoms with E-state index in [4.69, 9.17) is 4.78 Å². The van der Waals surface area contributed by atoms with E-state index in [2.05, 4.69) is 20.7 Å². The number of hydrogen-bond acceptors (Lipinski definition) is 2. The Morgan fingerprint density at radius 3 is 2.50 bits per heavy atom. The SMILES string of the molecule is CS(=N)(=O)Nc1c(F)cc(F)cc1Br. The summed E-state index contributed by atoms with van der Waals surface area (Å²) in [5.74, 6) is -1.63. The van der Waals surface area contributed by atoms with E-state index < -0.39 is 21.5 Å². The molecule has 0 aliphatic carbocycles. The van der Waals surface area contributed by atoms with Crippen LogP contribution < -0.4 is 4.72 Å². The van der Waals surface area contributed by atoms with Crippen molar-refractivity contribution in [3.8, 4) is 0 Å². The second-order valence-electron chi connectivity index (χ2n) is 2.69. The average Bonchev–Trinajstić information content (AvgIpc) is 1.95. The molecule has 0 aliphatic rings. The van der Waals surface area contributed by atoms with Crippen LogP contribution in [0, 0.1) is 16.4 Å². The molecule has 78 valence electrons. The quantitative estimate of drug-likeness (QED) is 0.862. The fourth-order valence-corrected chi connectivity index (χ4v) is 2.07. The highest BCUT2D eigenvalue weighted by Gasteiger charge is 2.11. The van der Waals surface area contributed by atoms with Crippen LogP contribution in [0.4, 0.5) is 14.5 Å². The van der Waals surface area contributed by atoms with Crippen LogP contribution in [-0.2, 0) is 9.92 Å². The van der Waals surface area contributed by atoms with Gasteiger partial charge in [-0.1, -0.05) is 0 Å². The molecule has 1 unspecified atom stereocenters. The van der Waals surface area contributed by atoms with Gasteiger partial charge in [-0.3, -0.25) is 4.72 Å². The molecule has 2 N–H and O–H groups in total. The number of anilines is 1. The van der Waals surface area contributed by atoms with Crippen LogP contribution >= 0.6 is 15.9 Å². The van der Waals surface area contributed by atoms with Crippen molar-refractivity contribution in [3.63, 3.8) is 0 Å². The summed E-state index contributed by atoms with van der Waals surface area (Å²) in [5, 5.41) is 0. The van der Waals surface area contributed by atoms with E-state index in [0.29, 0.717) is 6.07 Å². The Morgan fingerprint density at radius 1 is 1.50 bits per heavy atom. The van der Waals surface area contributed by atoms with Crippen LogP contribution in [0.15, 0.2) is 16.6 Å². The van der Waals surface area contributed by atoms with E-state index in [-0.39, 0.29) is 10.2 Å². The van der Waals surface area contributed by atoms with Gasteiger partial charge in [0.25, 0.3) is 0 Å². The highest BCUT2D eigenvalue weighted by atomic mass is 79.9. The molecule has 7 heteroatoms. The summed E-state index contributed by atoms with van der Waals surface area (Å²) >= 11 is 2.90. The predicted octanol–water partition coefficient (Wildman–Crippen LogP) is 2.73. The monoisotopic (exact) mass is 284 g/mol. The Kier molecular flexibility index (Phi) is 3.10. The smallest absolute Gasteiger partial charge is 0.151 e. The number of halogens is 3. The molecule has 0 spiro atoms. The van der Waals surface area contributed by atoms with Crippen LogP contribution in [0.25, 0.3) is 0 Å². The van der Waals surface area contributed by atoms with E-state index >= 15 is 0 Å². The minimum Gasteiger partial charge on any atom is -0.295 e. The molecule has 0 aliphatic heterocycles. The zero-order valence-corrected chi connectivity index (χ0v) is 9.51. The normalized spacial score (nSPS) is 14.9. The van der Waals surface area contributed by atoms with E-state index in [0.717, 1.165) is 12.3 Å². The Labute approximate surface area is 88.7 Å². The van der Waals surface area contributed by atoms with Crippen LogP contribution in [0.5, 0.6) is 0 Å². The van der Waals surface area contributed by atoms with Crippen LogP contribution in [0.2, 0.25) is 0 Å². The van der Waals surface area contributed by atoms with Gasteiger partial charge in [0.05, 0.1) is 5.69 Å². The van der Waals surface area contributed by atoms with Crippen LogP contribution in [0.3, 0.4) is 0 Å². The summed E-state index contributed by atoms with van der Waals surface area (Å²) in [6.07, 6.45) is 1.10. The highest BCUT2D eigenvalue weighted by Crippen LogP contribution is 2.27. The summed E-state index contributed by atoms with van der Waals surface area (Å²) < 4.78 is 46.0. The second-order valence-corrected chi connectivity index (χ2v) is 5.44. The van der Waals surface area contributed by atoms with Crippen molar-refractivity contribution in [2.75, 3.05) is 11.0 Å². The minimum absolute atomic E-state index is 0.0943. The molecule has 0 saturated carbocycles. The number of benzene rings is 1. The lowest BCUT2D eigenvalue weighted by atomic mass is 10.3. The number of nitrogens with one attached hydrogen (secondary N) is 2. The van der Waals surface area contributed by atoms with Crippen molar-refractivity contribution < 1.29 is 13.0 Å². The van der Waals surface area contributed by atoms with Crippen molar-refractivity contribution in [2.45, 2.75) is 0 Å². The summed E-state index contributed by atoms with van der Waals surface area (Å²) in [5.41, 5.74) is -0.172. The molecule has 1 aromatic carbocycles. The Bertz CT molecular complexity index is 438. The number of hydrogen-bond donors (Lipinski definition) is 2. The minimum atomic E-state index is -3.08. The van der Waals surface area contributed by atoms with Gasteiger partial charge in [-0.15, -0.1) is 0 Å². The molecule has 0 saturated heterocycles. The molecule has 1 atom stereocenters. The predicted molar refractivity (Wildman–Crippen MR) is 54.5 cm³/mol. The molecule has 0 fully saturated rings. The van der Waals surface area contributed by atoms with Gasteiger partial charge >= 0.3 is 0 Å². The zero-order chi connectivity index (χ0) is 10.9. The van der Waals surface area contributed by atoms with Crippen molar-refractivity contribution in [1.82, 2.24) is 0 Å². The summed E-state index contributed by atoms with van der Waals surface area (Å²) in [6, 6.07) is 1.68. The first-order valence-electron chi connectivity index (χ1n) is 3.45. The van der Waals surface area contributed by atoms with Crippen molar-refractivity contribution >= 4 is 31.5 Å². The van der Waals surface area contributed by atoms with Gasteiger partial charge in [-0.25, -0.2) is 17.8 Å². The second kappa shape index (κ2) is 3.82. The lowest BCUT2D eigenvalue weighted by Crippen LogP contribution is -2.10. The molecule has 0 amide bonds. The van der Waals surface area contributed by atoms with E-state index in [1.165, 1.54) is 0 Å². The first kappa shape index (κ1) is 11.4. The van der Waals surface area contributed by atoms with E-state index in [1.807, 2.05) is 0 Å². The van der Waals surface area contributed by atoms with Crippen molar-refractivity contribution in [1.29, 1.82) is 4.78 Å². The lowest BCUT2D eigenvalue weighted by molar-refractivity contribution is 0.584. The Hall–Kier alpha value is -0.690. The molecule has 0 heterocycles.